The third-order valence-corrected chi connectivity index (χ3v) is 3.51. The van der Waals surface area contributed by atoms with Crippen LogP contribution in [0.15, 0.2) is 40.9 Å². The van der Waals surface area contributed by atoms with Crippen LogP contribution in [0.2, 0.25) is 10.0 Å². The van der Waals surface area contributed by atoms with Crippen molar-refractivity contribution in [2.45, 2.75) is 6.54 Å². The van der Waals surface area contributed by atoms with Gasteiger partial charge in [0.2, 0.25) is 0 Å². The zero-order valence-corrected chi connectivity index (χ0v) is 12.3. The number of anilines is 1. The van der Waals surface area contributed by atoms with E-state index in [-0.39, 0.29) is 5.02 Å². The van der Waals surface area contributed by atoms with Gasteiger partial charge in [-0.15, -0.1) is 0 Å². The van der Waals surface area contributed by atoms with Crippen LogP contribution in [-0.2, 0) is 6.54 Å². The molecule has 2 rings (SSSR count). The predicted molar refractivity (Wildman–Crippen MR) is 77.9 cm³/mol. The second-order valence-electron chi connectivity index (χ2n) is 3.73. The first-order valence-electron chi connectivity index (χ1n) is 5.19. The standard InChI is InChI=1S/C13H9BrCl2FN/c14-9-2-3-10(15)13(6-9)18-7-8-1-4-12(17)11(16)5-8/h1-6,18H,7H2. The molecule has 0 saturated carbocycles. The number of hydrogen-bond donors (Lipinski definition) is 1. The average Bonchev–Trinajstić information content (AvgIpc) is 2.34. The molecule has 0 aliphatic carbocycles. The molecule has 2 aromatic carbocycles. The predicted octanol–water partition coefficient (Wildman–Crippen LogP) is 5.51. The molecule has 0 atom stereocenters. The van der Waals surface area contributed by atoms with Crippen LogP contribution in [0.5, 0.6) is 0 Å². The van der Waals surface area contributed by atoms with Gasteiger partial charge < -0.3 is 5.32 Å². The van der Waals surface area contributed by atoms with Gasteiger partial charge in [-0.2, -0.15) is 0 Å². The van der Waals surface area contributed by atoms with E-state index >= 15 is 0 Å². The topological polar surface area (TPSA) is 12.0 Å². The van der Waals surface area contributed by atoms with Gasteiger partial charge >= 0.3 is 0 Å². The maximum absolute atomic E-state index is 13.0. The Labute approximate surface area is 123 Å². The van der Waals surface area contributed by atoms with Gasteiger partial charge in [-0.3, -0.25) is 0 Å². The van der Waals surface area contributed by atoms with E-state index in [1.807, 2.05) is 12.1 Å². The molecule has 0 saturated heterocycles. The first-order valence-corrected chi connectivity index (χ1v) is 6.74. The van der Waals surface area contributed by atoms with Gasteiger partial charge in [0.05, 0.1) is 15.7 Å². The molecule has 0 bridgehead atoms. The molecule has 1 nitrogen and oxygen atoms in total. The van der Waals surface area contributed by atoms with Crippen molar-refractivity contribution < 1.29 is 4.39 Å². The van der Waals surface area contributed by atoms with Gasteiger partial charge in [-0.1, -0.05) is 45.2 Å². The van der Waals surface area contributed by atoms with Gasteiger partial charge in [0.15, 0.2) is 0 Å². The Balaban J connectivity index is 2.11. The molecule has 0 spiro atoms. The molecule has 94 valence electrons. The molecule has 0 radical (unpaired) electrons. The average molecular weight is 349 g/mol. The number of hydrogen-bond acceptors (Lipinski definition) is 1. The first kappa shape index (κ1) is 13.7. The Morgan fingerprint density at radius 1 is 1.06 bits per heavy atom. The fraction of sp³-hybridized carbons (Fsp3) is 0.0769. The zero-order valence-electron chi connectivity index (χ0n) is 9.18. The van der Waals surface area contributed by atoms with E-state index in [1.165, 1.54) is 6.07 Å². The molecule has 1 N–H and O–H groups in total. The Hall–Kier alpha value is -0.770. The summed E-state index contributed by atoms with van der Waals surface area (Å²) in [5.74, 6) is -0.416. The van der Waals surface area contributed by atoms with E-state index in [4.69, 9.17) is 23.2 Å². The minimum Gasteiger partial charge on any atom is -0.380 e. The highest BCUT2D eigenvalue weighted by Gasteiger charge is 2.03. The minimum atomic E-state index is -0.416. The summed E-state index contributed by atoms with van der Waals surface area (Å²) in [4.78, 5) is 0. The highest BCUT2D eigenvalue weighted by Crippen LogP contribution is 2.26. The molecule has 0 aliphatic rings. The van der Waals surface area contributed by atoms with Gasteiger partial charge in [-0.05, 0) is 35.9 Å². The Morgan fingerprint density at radius 3 is 2.56 bits per heavy atom. The molecule has 0 fully saturated rings. The van der Waals surface area contributed by atoms with Gasteiger partial charge in [0.1, 0.15) is 5.82 Å². The van der Waals surface area contributed by atoms with Gasteiger partial charge in [0, 0.05) is 11.0 Å². The second-order valence-corrected chi connectivity index (χ2v) is 5.46. The van der Waals surface area contributed by atoms with Crippen molar-refractivity contribution in [3.8, 4) is 0 Å². The van der Waals surface area contributed by atoms with Crippen LogP contribution in [0.4, 0.5) is 10.1 Å². The van der Waals surface area contributed by atoms with Gasteiger partial charge in [-0.25, -0.2) is 4.39 Å². The molecular formula is C13H9BrCl2FN. The van der Waals surface area contributed by atoms with Crippen LogP contribution in [0, 0.1) is 5.82 Å². The monoisotopic (exact) mass is 347 g/mol. The van der Waals surface area contributed by atoms with Crippen molar-refractivity contribution in [3.63, 3.8) is 0 Å². The highest BCUT2D eigenvalue weighted by molar-refractivity contribution is 9.10. The van der Waals surface area contributed by atoms with E-state index in [2.05, 4.69) is 21.2 Å². The lowest BCUT2D eigenvalue weighted by molar-refractivity contribution is 0.627. The molecular weight excluding hydrogens is 340 g/mol. The Morgan fingerprint density at radius 2 is 1.83 bits per heavy atom. The summed E-state index contributed by atoms with van der Waals surface area (Å²) < 4.78 is 13.9. The number of rotatable bonds is 3. The normalized spacial score (nSPS) is 10.4. The number of halogens is 4. The molecule has 5 heteroatoms. The lowest BCUT2D eigenvalue weighted by Crippen LogP contribution is -2.00. The van der Waals surface area contributed by atoms with E-state index in [1.54, 1.807) is 18.2 Å². The molecule has 0 aliphatic heterocycles. The minimum absolute atomic E-state index is 0.120. The fourth-order valence-electron chi connectivity index (χ4n) is 1.48. The third-order valence-electron chi connectivity index (χ3n) is 2.40. The zero-order chi connectivity index (χ0) is 13.1. The van der Waals surface area contributed by atoms with Crippen LogP contribution < -0.4 is 5.32 Å². The van der Waals surface area contributed by atoms with Gasteiger partial charge in [0.25, 0.3) is 0 Å². The Bertz CT molecular complexity index is 575. The largest absolute Gasteiger partial charge is 0.380 e. The van der Waals surface area contributed by atoms with Crippen LogP contribution in [-0.4, -0.2) is 0 Å². The lowest BCUT2D eigenvalue weighted by atomic mass is 10.2. The smallest absolute Gasteiger partial charge is 0.141 e. The summed E-state index contributed by atoms with van der Waals surface area (Å²) in [5, 5.41) is 3.92. The number of nitrogens with one attached hydrogen (secondary N) is 1. The Kier molecular flexibility index (Phi) is 4.49. The summed E-state index contributed by atoms with van der Waals surface area (Å²) in [6.45, 7) is 0.524. The summed E-state index contributed by atoms with van der Waals surface area (Å²) in [7, 11) is 0. The maximum atomic E-state index is 13.0. The molecule has 0 aromatic heterocycles. The van der Waals surface area contributed by atoms with Crippen molar-refractivity contribution in [2.75, 3.05) is 5.32 Å². The van der Waals surface area contributed by atoms with Crippen LogP contribution >= 0.6 is 39.1 Å². The lowest BCUT2D eigenvalue weighted by Gasteiger charge is -2.09. The quantitative estimate of drug-likeness (QED) is 0.771. The molecule has 0 amide bonds. The third kappa shape index (κ3) is 3.37. The SMILES string of the molecule is Fc1ccc(CNc2cc(Br)ccc2Cl)cc1Cl. The van der Waals surface area contributed by atoms with E-state index < -0.39 is 5.82 Å². The van der Waals surface area contributed by atoms with E-state index in [0.29, 0.717) is 11.6 Å². The van der Waals surface area contributed by atoms with Crippen molar-refractivity contribution in [2.24, 2.45) is 0 Å². The fourth-order valence-corrected chi connectivity index (χ4v) is 2.23. The summed E-state index contributed by atoms with van der Waals surface area (Å²) >= 11 is 15.1. The maximum Gasteiger partial charge on any atom is 0.141 e. The summed E-state index contributed by atoms with van der Waals surface area (Å²) in [6.07, 6.45) is 0. The van der Waals surface area contributed by atoms with Crippen molar-refractivity contribution >= 4 is 44.8 Å². The van der Waals surface area contributed by atoms with Crippen LogP contribution in [0.3, 0.4) is 0 Å². The van der Waals surface area contributed by atoms with Crippen molar-refractivity contribution in [1.82, 2.24) is 0 Å². The second kappa shape index (κ2) is 5.91. The summed E-state index contributed by atoms with van der Waals surface area (Å²) in [6, 6.07) is 10.2. The van der Waals surface area contributed by atoms with Crippen LogP contribution in [0.25, 0.3) is 0 Å². The van der Waals surface area contributed by atoms with Crippen molar-refractivity contribution in [3.05, 3.63) is 62.3 Å². The summed E-state index contributed by atoms with van der Waals surface area (Å²) in [5.41, 5.74) is 1.70. The van der Waals surface area contributed by atoms with Crippen LogP contribution in [0.1, 0.15) is 5.56 Å². The highest BCUT2D eigenvalue weighted by atomic mass is 79.9. The van der Waals surface area contributed by atoms with Crippen molar-refractivity contribution in [1.29, 1.82) is 0 Å². The number of benzene rings is 2. The first-order chi connectivity index (χ1) is 8.56. The molecule has 0 unspecified atom stereocenters. The van der Waals surface area contributed by atoms with E-state index in [0.717, 1.165) is 15.7 Å². The molecule has 2 aromatic rings. The molecule has 18 heavy (non-hydrogen) atoms. The van der Waals surface area contributed by atoms with E-state index in [9.17, 15) is 4.39 Å². The molecule has 0 heterocycles.